The Bertz CT molecular complexity index is 754. The smallest absolute Gasteiger partial charge is 0.324 e. The number of nitro groups is 1. The van der Waals surface area contributed by atoms with Gasteiger partial charge in [-0.25, -0.2) is 0 Å². The monoisotopic (exact) mass is 334 g/mol. The summed E-state index contributed by atoms with van der Waals surface area (Å²) in [6.07, 6.45) is 2.82. The largest absolute Gasteiger partial charge is 0.497 e. The van der Waals surface area contributed by atoms with Gasteiger partial charge in [0.25, 0.3) is 0 Å². The lowest BCUT2D eigenvalue weighted by atomic mass is 10.2. The van der Waals surface area contributed by atoms with E-state index in [1.807, 2.05) is 0 Å². The second-order valence-corrected chi connectivity index (χ2v) is 5.42. The first-order valence-electron chi connectivity index (χ1n) is 6.49. The number of ether oxygens (including phenoxy) is 2. The van der Waals surface area contributed by atoms with Gasteiger partial charge in [-0.15, -0.1) is 0 Å². The van der Waals surface area contributed by atoms with Crippen LogP contribution in [0.15, 0.2) is 36.4 Å². The molecule has 1 aromatic carbocycles. The lowest BCUT2D eigenvalue weighted by Crippen LogP contribution is -2.08. The third kappa shape index (κ3) is 4.30. The second-order valence-electron chi connectivity index (χ2n) is 4.32. The molecular formula is C15H14N2O5S. The zero-order valence-electron chi connectivity index (χ0n) is 12.4. The summed E-state index contributed by atoms with van der Waals surface area (Å²) in [5, 5.41) is 13.3. The van der Waals surface area contributed by atoms with Gasteiger partial charge in [0, 0.05) is 23.1 Å². The molecule has 0 fully saturated rings. The van der Waals surface area contributed by atoms with Gasteiger partial charge < -0.3 is 14.8 Å². The van der Waals surface area contributed by atoms with Crippen molar-refractivity contribution >= 4 is 34.0 Å². The number of hydrogen-bond acceptors (Lipinski definition) is 6. The van der Waals surface area contributed by atoms with Crippen LogP contribution in [-0.2, 0) is 4.79 Å². The Morgan fingerprint density at radius 1 is 1.26 bits per heavy atom. The SMILES string of the molecule is COc1ccc(NC(=O)/C=C/c2ccc([N+](=O)[O-])s2)c(OC)c1. The van der Waals surface area contributed by atoms with Gasteiger partial charge in [-0.2, -0.15) is 0 Å². The highest BCUT2D eigenvalue weighted by Crippen LogP contribution is 2.29. The lowest BCUT2D eigenvalue weighted by molar-refractivity contribution is -0.380. The molecule has 0 unspecified atom stereocenters. The van der Waals surface area contributed by atoms with Gasteiger partial charge in [-0.1, -0.05) is 11.3 Å². The van der Waals surface area contributed by atoms with Crippen molar-refractivity contribution in [2.75, 3.05) is 19.5 Å². The molecule has 2 aromatic rings. The fraction of sp³-hybridized carbons (Fsp3) is 0.133. The van der Waals surface area contributed by atoms with Crippen molar-refractivity contribution in [2.24, 2.45) is 0 Å². The molecule has 0 aliphatic carbocycles. The summed E-state index contributed by atoms with van der Waals surface area (Å²) in [6, 6.07) is 8.00. The van der Waals surface area contributed by atoms with Gasteiger partial charge in [0.2, 0.25) is 5.91 Å². The van der Waals surface area contributed by atoms with Crippen molar-refractivity contribution in [3.63, 3.8) is 0 Å². The first-order chi connectivity index (χ1) is 11.0. The standard InChI is InChI=1S/C15H14N2O5S/c1-21-10-3-6-12(13(9-10)22-2)16-14(18)7-4-11-5-8-15(23-11)17(19)20/h3-9H,1-2H3,(H,16,18)/b7-4+. The topological polar surface area (TPSA) is 90.7 Å². The van der Waals surface area contributed by atoms with E-state index >= 15 is 0 Å². The summed E-state index contributed by atoms with van der Waals surface area (Å²) < 4.78 is 10.3. The van der Waals surface area contributed by atoms with E-state index in [9.17, 15) is 14.9 Å². The van der Waals surface area contributed by atoms with Crippen molar-refractivity contribution in [1.29, 1.82) is 0 Å². The normalized spacial score (nSPS) is 10.5. The quantitative estimate of drug-likeness (QED) is 0.497. The Morgan fingerprint density at radius 3 is 2.65 bits per heavy atom. The van der Waals surface area contributed by atoms with Crippen LogP contribution in [0.1, 0.15) is 4.88 Å². The van der Waals surface area contributed by atoms with E-state index in [1.54, 1.807) is 24.3 Å². The van der Waals surface area contributed by atoms with Crippen molar-refractivity contribution in [2.45, 2.75) is 0 Å². The number of carbonyl (C=O) groups is 1. The first kappa shape index (κ1) is 16.5. The molecule has 0 aliphatic heterocycles. The Labute approximate surface area is 136 Å². The van der Waals surface area contributed by atoms with E-state index in [4.69, 9.17) is 9.47 Å². The number of rotatable bonds is 6. The van der Waals surface area contributed by atoms with E-state index in [2.05, 4.69) is 5.32 Å². The maximum absolute atomic E-state index is 11.9. The molecule has 0 saturated heterocycles. The minimum atomic E-state index is -0.468. The van der Waals surface area contributed by atoms with E-state index in [0.29, 0.717) is 22.1 Å². The summed E-state index contributed by atoms with van der Waals surface area (Å²) >= 11 is 0.995. The summed E-state index contributed by atoms with van der Waals surface area (Å²) in [7, 11) is 3.03. The summed E-state index contributed by atoms with van der Waals surface area (Å²) in [4.78, 5) is 22.7. The molecule has 1 N–H and O–H groups in total. The van der Waals surface area contributed by atoms with Gasteiger partial charge in [0.05, 0.1) is 24.8 Å². The molecule has 0 saturated carbocycles. The summed E-state index contributed by atoms with van der Waals surface area (Å²) in [6.45, 7) is 0. The fourth-order valence-corrected chi connectivity index (χ4v) is 2.49. The highest BCUT2D eigenvalue weighted by molar-refractivity contribution is 7.16. The minimum Gasteiger partial charge on any atom is -0.497 e. The van der Waals surface area contributed by atoms with Gasteiger partial charge in [-0.05, 0) is 24.3 Å². The molecule has 2 rings (SSSR count). The zero-order chi connectivity index (χ0) is 16.8. The van der Waals surface area contributed by atoms with E-state index in [-0.39, 0.29) is 10.9 Å². The van der Waals surface area contributed by atoms with Gasteiger partial charge in [0.15, 0.2) is 0 Å². The number of amides is 1. The molecule has 0 radical (unpaired) electrons. The Morgan fingerprint density at radius 2 is 2.04 bits per heavy atom. The van der Waals surface area contributed by atoms with Crippen molar-refractivity contribution in [3.05, 3.63) is 51.4 Å². The number of nitrogens with one attached hydrogen (secondary N) is 1. The molecule has 1 amide bonds. The molecule has 0 spiro atoms. The number of thiophene rings is 1. The number of nitrogens with zero attached hydrogens (tertiary/aromatic N) is 1. The van der Waals surface area contributed by atoms with E-state index in [1.165, 1.54) is 32.4 Å². The number of carbonyl (C=O) groups excluding carboxylic acids is 1. The molecule has 7 nitrogen and oxygen atoms in total. The van der Waals surface area contributed by atoms with Gasteiger partial charge in [0.1, 0.15) is 11.5 Å². The Hall–Kier alpha value is -2.87. The number of hydrogen-bond donors (Lipinski definition) is 1. The number of benzene rings is 1. The lowest BCUT2D eigenvalue weighted by Gasteiger charge is -2.10. The third-order valence-corrected chi connectivity index (χ3v) is 3.86. The van der Waals surface area contributed by atoms with Crippen LogP contribution in [0.4, 0.5) is 10.7 Å². The van der Waals surface area contributed by atoms with Crippen molar-refractivity contribution < 1.29 is 19.2 Å². The van der Waals surface area contributed by atoms with Crippen LogP contribution in [0.25, 0.3) is 6.08 Å². The fourth-order valence-electron chi connectivity index (χ4n) is 1.76. The molecule has 8 heteroatoms. The average molecular weight is 334 g/mol. The second kappa shape index (κ2) is 7.41. The molecule has 0 aliphatic rings. The van der Waals surface area contributed by atoms with Gasteiger partial charge in [-0.3, -0.25) is 14.9 Å². The predicted molar refractivity (Wildman–Crippen MR) is 88.2 cm³/mol. The number of anilines is 1. The zero-order valence-corrected chi connectivity index (χ0v) is 13.3. The van der Waals surface area contributed by atoms with E-state index in [0.717, 1.165) is 11.3 Å². The molecule has 0 bridgehead atoms. The van der Waals surface area contributed by atoms with Crippen LogP contribution < -0.4 is 14.8 Å². The maximum Gasteiger partial charge on any atom is 0.324 e. The predicted octanol–water partition coefficient (Wildman–Crippen LogP) is 3.33. The summed E-state index contributed by atoms with van der Waals surface area (Å²) in [5.41, 5.74) is 0.500. The maximum atomic E-state index is 11.9. The average Bonchev–Trinajstić information content (AvgIpc) is 3.02. The van der Waals surface area contributed by atoms with Crippen molar-refractivity contribution in [3.8, 4) is 11.5 Å². The van der Waals surface area contributed by atoms with Crippen molar-refractivity contribution in [1.82, 2.24) is 0 Å². The van der Waals surface area contributed by atoms with Gasteiger partial charge >= 0.3 is 5.00 Å². The highest BCUT2D eigenvalue weighted by atomic mass is 32.1. The van der Waals surface area contributed by atoms with Crippen LogP contribution in [0.2, 0.25) is 0 Å². The van der Waals surface area contributed by atoms with Crippen LogP contribution in [-0.4, -0.2) is 25.1 Å². The molecule has 120 valence electrons. The molecule has 23 heavy (non-hydrogen) atoms. The van der Waals surface area contributed by atoms with Crippen LogP contribution in [0.3, 0.4) is 0 Å². The Kier molecular flexibility index (Phi) is 5.32. The molecule has 0 atom stereocenters. The number of methoxy groups -OCH3 is 2. The first-order valence-corrected chi connectivity index (χ1v) is 7.30. The minimum absolute atomic E-state index is 0.0295. The highest BCUT2D eigenvalue weighted by Gasteiger charge is 2.09. The summed E-state index contributed by atoms with van der Waals surface area (Å²) in [5.74, 6) is 0.712. The van der Waals surface area contributed by atoms with Crippen LogP contribution in [0.5, 0.6) is 11.5 Å². The third-order valence-electron chi connectivity index (χ3n) is 2.86. The molecule has 1 heterocycles. The molecular weight excluding hydrogens is 320 g/mol. The van der Waals surface area contributed by atoms with Crippen LogP contribution >= 0.6 is 11.3 Å². The molecule has 1 aromatic heterocycles. The Balaban J connectivity index is 2.06. The van der Waals surface area contributed by atoms with Crippen LogP contribution in [0, 0.1) is 10.1 Å². The van der Waals surface area contributed by atoms with E-state index < -0.39 is 4.92 Å².